The summed E-state index contributed by atoms with van der Waals surface area (Å²) in [6.07, 6.45) is 1.84. The highest BCUT2D eigenvalue weighted by Crippen LogP contribution is 2.26. The molecule has 0 unspecified atom stereocenters. The third-order valence-corrected chi connectivity index (χ3v) is 3.98. The van der Waals surface area contributed by atoms with Gasteiger partial charge in [0.1, 0.15) is 12.4 Å². The normalized spacial score (nSPS) is 11.0. The summed E-state index contributed by atoms with van der Waals surface area (Å²) in [5.41, 5.74) is 3.35. The minimum Gasteiger partial charge on any atom is -0.488 e. The van der Waals surface area contributed by atoms with Crippen LogP contribution in [0.4, 0.5) is 0 Å². The van der Waals surface area contributed by atoms with Crippen molar-refractivity contribution in [3.8, 4) is 11.8 Å². The molecule has 0 radical (unpaired) electrons. The zero-order valence-corrected chi connectivity index (χ0v) is 14.3. The summed E-state index contributed by atoms with van der Waals surface area (Å²) < 4.78 is 5.95. The van der Waals surface area contributed by atoms with E-state index in [1.54, 1.807) is 12.1 Å². The van der Waals surface area contributed by atoms with Gasteiger partial charge in [0.05, 0.1) is 11.6 Å². The van der Waals surface area contributed by atoms with Gasteiger partial charge in [-0.15, -0.1) is 0 Å². The Kier molecular flexibility index (Phi) is 5.51. The number of hydrogen-bond acceptors (Lipinski definition) is 2. The van der Waals surface area contributed by atoms with E-state index in [0.29, 0.717) is 17.2 Å². The first-order valence-electron chi connectivity index (χ1n) is 7.90. The van der Waals surface area contributed by atoms with E-state index in [4.69, 9.17) is 16.3 Å². The third-order valence-electron chi connectivity index (χ3n) is 3.73. The lowest BCUT2D eigenvalue weighted by molar-refractivity contribution is 0.305. The van der Waals surface area contributed by atoms with Crippen LogP contribution in [0.25, 0.3) is 11.6 Å². The van der Waals surface area contributed by atoms with Crippen molar-refractivity contribution in [2.45, 2.75) is 6.61 Å². The summed E-state index contributed by atoms with van der Waals surface area (Å²) in [4.78, 5) is 0. The van der Waals surface area contributed by atoms with Crippen LogP contribution < -0.4 is 4.74 Å². The lowest BCUT2D eigenvalue weighted by Gasteiger charge is -2.10. The van der Waals surface area contributed by atoms with E-state index in [0.717, 1.165) is 22.4 Å². The summed E-state index contributed by atoms with van der Waals surface area (Å²) >= 11 is 5.92. The van der Waals surface area contributed by atoms with Gasteiger partial charge in [0.25, 0.3) is 0 Å². The molecule has 122 valence electrons. The molecule has 25 heavy (non-hydrogen) atoms. The molecule has 0 aliphatic rings. The minimum atomic E-state index is 0.481. The SMILES string of the molecule is N#C/C(=C/c1ccccc1OCc1ccccc1)c1ccc(Cl)cc1. The average molecular weight is 346 g/mol. The predicted molar refractivity (Wildman–Crippen MR) is 102 cm³/mol. The molecular weight excluding hydrogens is 330 g/mol. The molecule has 3 rings (SSSR count). The van der Waals surface area contributed by atoms with E-state index in [1.807, 2.05) is 72.8 Å². The minimum absolute atomic E-state index is 0.481. The largest absolute Gasteiger partial charge is 0.488 e. The highest BCUT2D eigenvalue weighted by atomic mass is 35.5. The van der Waals surface area contributed by atoms with Crippen LogP contribution in [0.2, 0.25) is 5.02 Å². The molecule has 3 heteroatoms. The summed E-state index contributed by atoms with van der Waals surface area (Å²) in [5, 5.41) is 10.2. The van der Waals surface area contributed by atoms with Crippen molar-refractivity contribution in [1.82, 2.24) is 0 Å². The highest BCUT2D eigenvalue weighted by molar-refractivity contribution is 6.30. The first-order valence-corrected chi connectivity index (χ1v) is 8.27. The number of hydrogen-bond donors (Lipinski definition) is 0. The number of allylic oxidation sites excluding steroid dienone is 1. The maximum absolute atomic E-state index is 9.52. The van der Waals surface area contributed by atoms with Crippen LogP contribution in [0.15, 0.2) is 78.9 Å². The highest BCUT2D eigenvalue weighted by Gasteiger charge is 2.05. The molecule has 3 aromatic carbocycles. The predicted octanol–water partition coefficient (Wildman–Crippen LogP) is 5.98. The molecule has 0 spiro atoms. The molecule has 0 saturated heterocycles. The summed E-state index contributed by atoms with van der Waals surface area (Å²) in [7, 11) is 0. The Morgan fingerprint density at radius 1 is 0.920 bits per heavy atom. The van der Waals surface area contributed by atoms with E-state index in [1.165, 1.54) is 0 Å². The molecule has 0 saturated carbocycles. The van der Waals surface area contributed by atoms with Gasteiger partial charge in [-0.2, -0.15) is 5.26 Å². The fourth-order valence-electron chi connectivity index (χ4n) is 2.43. The van der Waals surface area contributed by atoms with E-state index >= 15 is 0 Å². The molecule has 0 aliphatic heterocycles. The van der Waals surface area contributed by atoms with Gasteiger partial charge in [0, 0.05) is 10.6 Å². The number of nitrogens with zero attached hydrogens (tertiary/aromatic N) is 1. The third kappa shape index (κ3) is 4.50. The molecule has 0 aliphatic carbocycles. The fourth-order valence-corrected chi connectivity index (χ4v) is 2.56. The van der Waals surface area contributed by atoms with Gasteiger partial charge in [0.2, 0.25) is 0 Å². The Labute approximate surface area is 152 Å². The second-order valence-electron chi connectivity index (χ2n) is 5.49. The van der Waals surface area contributed by atoms with Crippen LogP contribution in [0.3, 0.4) is 0 Å². The summed E-state index contributed by atoms with van der Waals surface area (Å²) in [6.45, 7) is 0.481. The Hall–Kier alpha value is -3.02. The molecule has 0 N–H and O–H groups in total. The Balaban J connectivity index is 1.86. The Bertz CT molecular complexity index is 909. The molecule has 3 aromatic rings. The molecule has 0 atom stereocenters. The van der Waals surface area contributed by atoms with E-state index < -0.39 is 0 Å². The molecular formula is C22H16ClNO. The lowest BCUT2D eigenvalue weighted by Crippen LogP contribution is -1.96. The van der Waals surface area contributed by atoms with Gasteiger partial charge in [-0.1, -0.05) is 72.3 Å². The molecule has 0 aromatic heterocycles. The first kappa shape index (κ1) is 16.8. The fraction of sp³-hybridized carbons (Fsp3) is 0.0455. The molecule has 0 fully saturated rings. The van der Waals surface area contributed by atoms with Crippen LogP contribution >= 0.6 is 11.6 Å². The van der Waals surface area contributed by atoms with Crippen LogP contribution in [-0.2, 0) is 6.61 Å². The van der Waals surface area contributed by atoms with Gasteiger partial charge in [0.15, 0.2) is 0 Å². The number of para-hydroxylation sites is 1. The van der Waals surface area contributed by atoms with E-state index in [2.05, 4.69) is 6.07 Å². The van der Waals surface area contributed by atoms with E-state index in [-0.39, 0.29) is 0 Å². The van der Waals surface area contributed by atoms with Crippen molar-refractivity contribution in [3.63, 3.8) is 0 Å². The molecule has 0 bridgehead atoms. The van der Waals surface area contributed by atoms with Gasteiger partial charge in [-0.05, 0) is 35.4 Å². The van der Waals surface area contributed by atoms with Crippen LogP contribution in [0.1, 0.15) is 16.7 Å². The average Bonchev–Trinajstić information content (AvgIpc) is 2.67. The van der Waals surface area contributed by atoms with Crippen molar-refractivity contribution < 1.29 is 4.74 Å². The molecule has 0 heterocycles. The summed E-state index contributed by atoms with van der Waals surface area (Å²) in [5.74, 6) is 0.744. The number of ether oxygens (including phenoxy) is 1. The van der Waals surface area contributed by atoms with Gasteiger partial charge in [-0.3, -0.25) is 0 Å². The first-order chi connectivity index (χ1) is 12.3. The summed E-state index contributed by atoms with van der Waals surface area (Å²) in [6, 6.07) is 27.2. The monoisotopic (exact) mass is 345 g/mol. The Morgan fingerprint density at radius 2 is 1.60 bits per heavy atom. The number of benzene rings is 3. The van der Waals surface area contributed by atoms with Crippen LogP contribution in [-0.4, -0.2) is 0 Å². The van der Waals surface area contributed by atoms with Crippen molar-refractivity contribution in [1.29, 1.82) is 5.26 Å². The topological polar surface area (TPSA) is 33.0 Å². The maximum Gasteiger partial charge on any atom is 0.127 e. The number of nitriles is 1. The van der Waals surface area contributed by atoms with Gasteiger partial charge < -0.3 is 4.74 Å². The standard InChI is InChI=1S/C22H16ClNO/c23-21-12-10-18(11-13-21)20(15-24)14-19-8-4-5-9-22(19)25-16-17-6-2-1-3-7-17/h1-14H,16H2/b20-14-. The smallest absolute Gasteiger partial charge is 0.127 e. The van der Waals surface area contributed by atoms with E-state index in [9.17, 15) is 5.26 Å². The van der Waals surface area contributed by atoms with Crippen LogP contribution in [0.5, 0.6) is 5.75 Å². The second-order valence-corrected chi connectivity index (χ2v) is 5.93. The Morgan fingerprint density at radius 3 is 2.32 bits per heavy atom. The zero-order chi connectivity index (χ0) is 17.5. The van der Waals surface area contributed by atoms with Crippen molar-refractivity contribution in [2.75, 3.05) is 0 Å². The maximum atomic E-state index is 9.52. The second kappa shape index (κ2) is 8.19. The zero-order valence-electron chi connectivity index (χ0n) is 13.5. The van der Waals surface area contributed by atoms with Crippen molar-refractivity contribution in [2.24, 2.45) is 0 Å². The number of rotatable bonds is 5. The lowest BCUT2D eigenvalue weighted by atomic mass is 10.0. The van der Waals surface area contributed by atoms with Gasteiger partial charge >= 0.3 is 0 Å². The van der Waals surface area contributed by atoms with Gasteiger partial charge in [-0.25, -0.2) is 0 Å². The molecule has 0 amide bonds. The number of halogens is 1. The van der Waals surface area contributed by atoms with Crippen molar-refractivity contribution in [3.05, 3.63) is 101 Å². The van der Waals surface area contributed by atoms with Crippen molar-refractivity contribution >= 4 is 23.3 Å². The molecule has 2 nitrogen and oxygen atoms in total. The quantitative estimate of drug-likeness (QED) is 0.420. The van der Waals surface area contributed by atoms with Crippen LogP contribution in [0, 0.1) is 11.3 Å².